The van der Waals surface area contributed by atoms with Crippen molar-refractivity contribution in [2.75, 3.05) is 56.2 Å². The van der Waals surface area contributed by atoms with Gasteiger partial charge in [0.2, 0.25) is 0 Å². The maximum atomic E-state index is 13.3. The monoisotopic (exact) mass is 541 g/mol. The van der Waals surface area contributed by atoms with Gasteiger partial charge in [-0.05, 0) is 71.1 Å². The minimum atomic E-state index is -0.0206. The second-order valence-electron chi connectivity index (χ2n) is 7.65. The molecular weight excluding hydrogens is 514 g/mol. The largest absolute Gasteiger partial charge is 0.495 e. The lowest BCUT2D eigenvalue weighted by Crippen LogP contribution is -2.49. The Labute approximate surface area is 202 Å². The maximum absolute atomic E-state index is 13.3. The molecule has 0 spiro atoms. The van der Waals surface area contributed by atoms with Gasteiger partial charge in [0.15, 0.2) is 0 Å². The average Bonchev–Trinajstić information content (AvgIpc) is 2.85. The van der Waals surface area contributed by atoms with Crippen molar-refractivity contribution in [3.8, 4) is 5.75 Å². The molecule has 2 heterocycles. The second kappa shape index (κ2) is 10.8. The van der Waals surface area contributed by atoms with E-state index in [0.717, 1.165) is 47.7 Å². The molecule has 1 aliphatic rings. The smallest absolute Gasteiger partial charge is 0.259 e. The van der Waals surface area contributed by atoms with Crippen LogP contribution in [0, 0.1) is 3.57 Å². The molecule has 1 aromatic heterocycles. The summed E-state index contributed by atoms with van der Waals surface area (Å²) in [6.45, 7) is 5.12. The van der Waals surface area contributed by atoms with E-state index in [1.807, 2.05) is 60.7 Å². The summed E-state index contributed by atoms with van der Waals surface area (Å²) in [4.78, 5) is 24.3. The third-order valence-corrected chi connectivity index (χ3v) is 6.42. The number of amides is 1. The molecule has 1 saturated heterocycles. The van der Waals surface area contributed by atoms with Crippen LogP contribution in [0.3, 0.4) is 0 Å². The van der Waals surface area contributed by atoms with Crippen LogP contribution in [0.5, 0.6) is 5.75 Å². The Hall–Kier alpha value is -2.65. The summed E-state index contributed by atoms with van der Waals surface area (Å²) in [5, 5.41) is 0. The van der Waals surface area contributed by atoms with Crippen molar-refractivity contribution in [1.29, 1.82) is 0 Å². The zero-order valence-corrected chi connectivity index (χ0v) is 20.3. The van der Waals surface area contributed by atoms with Crippen LogP contribution in [-0.2, 0) is 0 Å². The second-order valence-corrected chi connectivity index (χ2v) is 8.90. The summed E-state index contributed by atoms with van der Waals surface area (Å²) in [5.41, 5.74) is 1.82. The van der Waals surface area contributed by atoms with Crippen molar-refractivity contribution in [3.63, 3.8) is 0 Å². The van der Waals surface area contributed by atoms with E-state index in [4.69, 9.17) is 4.74 Å². The lowest BCUT2D eigenvalue weighted by molar-refractivity contribution is 0.0982. The third-order valence-electron chi connectivity index (χ3n) is 5.70. The van der Waals surface area contributed by atoms with Crippen LogP contribution in [0.25, 0.3) is 0 Å². The van der Waals surface area contributed by atoms with Gasteiger partial charge >= 0.3 is 0 Å². The molecule has 0 aliphatic carbocycles. The molecule has 0 bridgehead atoms. The fraction of sp³-hybridized carbons (Fsp3) is 0.280. The zero-order chi connectivity index (χ0) is 22.3. The molecule has 7 heteroatoms. The number of pyridine rings is 1. The molecule has 166 valence electrons. The number of halogens is 1. The Morgan fingerprint density at radius 2 is 1.72 bits per heavy atom. The molecule has 1 amide bonds. The van der Waals surface area contributed by atoms with Gasteiger partial charge < -0.3 is 9.64 Å². The predicted molar refractivity (Wildman–Crippen MR) is 137 cm³/mol. The molecule has 4 rings (SSSR count). The maximum Gasteiger partial charge on any atom is 0.259 e. The molecule has 2 aromatic carbocycles. The summed E-state index contributed by atoms with van der Waals surface area (Å²) in [5.74, 6) is 1.57. The Balaban J connectivity index is 1.41. The number of anilines is 2. The van der Waals surface area contributed by atoms with E-state index in [1.165, 1.54) is 0 Å². The molecule has 0 N–H and O–H groups in total. The van der Waals surface area contributed by atoms with Crippen LogP contribution < -0.4 is 14.5 Å². The minimum Gasteiger partial charge on any atom is -0.495 e. The lowest BCUT2D eigenvalue weighted by atomic mass is 9.86. The van der Waals surface area contributed by atoms with E-state index in [1.54, 1.807) is 18.2 Å². The third kappa shape index (κ3) is 5.39. The first kappa shape index (κ1) is 22.5. The fourth-order valence-electron chi connectivity index (χ4n) is 3.93. The summed E-state index contributed by atoms with van der Waals surface area (Å²) in [6.07, 6.45) is 1.73. The summed E-state index contributed by atoms with van der Waals surface area (Å²) >= 11 is 2.25. The molecule has 1 aliphatic heterocycles. The molecule has 32 heavy (non-hydrogen) atoms. The first-order valence-corrected chi connectivity index (χ1v) is 11.8. The summed E-state index contributed by atoms with van der Waals surface area (Å²) in [7, 11) is 1.71. The van der Waals surface area contributed by atoms with Crippen molar-refractivity contribution in [1.82, 2.24) is 9.88 Å². The van der Waals surface area contributed by atoms with Crippen molar-refractivity contribution >= 4 is 40.0 Å². The number of methoxy groups -OCH3 is 1. The molecule has 1 fully saturated rings. The number of hydrogen-bond donors (Lipinski definition) is 0. The van der Waals surface area contributed by atoms with Crippen LogP contribution in [-0.4, -0.2) is 62.2 Å². The number of nitrogens with zero attached hydrogens (tertiary/aromatic N) is 4. The van der Waals surface area contributed by atoms with Gasteiger partial charge in [0.05, 0.1) is 12.8 Å². The number of benzene rings is 2. The molecular formula is C25H27IN4O2. The highest BCUT2D eigenvalue weighted by molar-refractivity contribution is 14.1. The van der Waals surface area contributed by atoms with E-state index < -0.39 is 0 Å². The van der Waals surface area contributed by atoms with Gasteiger partial charge in [-0.25, -0.2) is 4.98 Å². The summed E-state index contributed by atoms with van der Waals surface area (Å²) in [6, 6.07) is 21.5. The van der Waals surface area contributed by atoms with Crippen molar-refractivity contribution in [2.45, 2.75) is 0 Å². The Kier molecular flexibility index (Phi) is 7.59. The summed E-state index contributed by atoms with van der Waals surface area (Å²) < 4.78 is 6.63. The topological polar surface area (TPSA) is 48.9 Å². The Bertz CT molecular complexity index is 1020. The molecule has 0 unspecified atom stereocenters. The van der Waals surface area contributed by atoms with Crippen LogP contribution in [0.2, 0.25) is 0 Å². The zero-order valence-electron chi connectivity index (χ0n) is 18.2. The number of hydrogen-bond acceptors (Lipinski definition) is 5. The van der Waals surface area contributed by atoms with E-state index in [9.17, 15) is 4.79 Å². The van der Waals surface area contributed by atoms with Gasteiger partial charge in [0.1, 0.15) is 11.6 Å². The Morgan fingerprint density at radius 1 is 1.00 bits per heavy atom. The van der Waals surface area contributed by atoms with E-state index >= 15 is 0 Å². The first-order valence-electron chi connectivity index (χ1n) is 10.7. The van der Waals surface area contributed by atoms with Crippen molar-refractivity contribution in [2.24, 2.45) is 0 Å². The molecule has 0 saturated carbocycles. The van der Waals surface area contributed by atoms with Crippen molar-refractivity contribution in [3.05, 3.63) is 82.1 Å². The number of piperazine rings is 1. The number of aromatic nitrogens is 1. The first-order chi connectivity index (χ1) is 15.7. The van der Waals surface area contributed by atoms with E-state index in [2.05, 4.69) is 43.4 Å². The number of carbonyl (C=O) groups is 1. The quantitative estimate of drug-likeness (QED) is 0.421. The lowest BCUT2D eigenvalue weighted by Gasteiger charge is -2.37. The highest BCUT2D eigenvalue weighted by atomic mass is 127. The normalized spacial score (nSPS) is 14.2. The number of para-hydroxylation sites is 2. The molecule has 6 nitrogen and oxygen atoms in total. The Morgan fingerprint density at radius 3 is 2.41 bits per heavy atom. The van der Waals surface area contributed by atoms with Gasteiger partial charge in [0.25, 0.3) is 5.91 Å². The predicted octanol–water partition coefficient (Wildman–Crippen LogP) is 4.16. The highest BCUT2D eigenvalue weighted by Gasteiger charge is 2.23. The van der Waals surface area contributed by atoms with Crippen LogP contribution in [0.15, 0.2) is 72.9 Å². The van der Waals surface area contributed by atoms with Gasteiger partial charge in [-0.3, -0.25) is 14.6 Å². The fourth-order valence-corrected chi connectivity index (χ4v) is 4.29. The highest BCUT2D eigenvalue weighted by Crippen LogP contribution is 2.28. The van der Waals surface area contributed by atoms with Gasteiger partial charge in [-0.2, -0.15) is 0 Å². The number of rotatable bonds is 7. The van der Waals surface area contributed by atoms with Gasteiger partial charge in [-0.15, -0.1) is 0 Å². The number of ether oxygens (including phenoxy) is 1. The van der Waals surface area contributed by atoms with Crippen LogP contribution in [0.1, 0.15) is 10.4 Å². The number of carbonyl (C=O) groups excluding carboxylic acids is 1. The van der Waals surface area contributed by atoms with E-state index in [-0.39, 0.29) is 5.91 Å². The molecule has 3 aromatic rings. The van der Waals surface area contributed by atoms with Crippen molar-refractivity contribution < 1.29 is 9.53 Å². The van der Waals surface area contributed by atoms with E-state index in [0.29, 0.717) is 17.9 Å². The average molecular weight is 541 g/mol. The standard InChI is InChI=1S/C25H27IN4O2/c1-32-23-7-3-2-6-22(23)29-17-14-28(15-18-29)16-19-30(24-8-4-5-13-27-24)25(31)20-9-11-21(26)12-10-20/h2-13H,14-19H2,1H3/i25-1. The molecule has 0 radical (unpaired) electrons. The molecule has 0 atom stereocenters. The van der Waals surface area contributed by atoms with Gasteiger partial charge in [-0.1, -0.05) is 18.2 Å². The minimum absolute atomic E-state index is 0.0206. The van der Waals surface area contributed by atoms with Crippen LogP contribution >= 0.6 is 22.6 Å². The van der Waals surface area contributed by atoms with Crippen LogP contribution in [0.4, 0.5) is 11.5 Å². The SMILES string of the molecule is COc1ccccc1N1CCN(CCN(c2ccccn2)[11C](=O)c2ccc(I)cc2)CC1. The van der Waals surface area contributed by atoms with Gasteiger partial charge in [0, 0.05) is 54.6 Å².